The van der Waals surface area contributed by atoms with Gasteiger partial charge in [0.15, 0.2) is 0 Å². The first-order chi connectivity index (χ1) is 12.0. The van der Waals surface area contributed by atoms with Crippen LogP contribution in [0.3, 0.4) is 0 Å². The second-order valence-corrected chi connectivity index (χ2v) is 5.89. The van der Waals surface area contributed by atoms with Gasteiger partial charge in [0, 0.05) is 11.6 Å². The summed E-state index contributed by atoms with van der Waals surface area (Å²) in [5.74, 6) is -0.646. The molecule has 0 heterocycles. The first kappa shape index (κ1) is 19.2. The summed E-state index contributed by atoms with van der Waals surface area (Å²) >= 11 is 5.84. The van der Waals surface area contributed by atoms with Gasteiger partial charge in [0.1, 0.15) is 18.2 Å². The van der Waals surface area contributed by atoms with E-state index in [4.69, 9.17) is 16.3 Å². The minimum absolute atomic E-state index is 0.106. The Hall–Kier alpha value is -2.11. The monoisotopic (exact) mass is 364 g/mol. The van der Waals surface area contributed by atoms with Crippen LogP contribution >= 0.6 is 11.6 Å². The number of likely N-dealkylation sites (N-methyl/N-ethyl adjacent to an activating group) is 1. The molecule has 0 aliphatic carbocycles. The average molecular weight is 365 g/mol. The molecule has 0 saturated carbocycles. The number of ether oxygens (including phenoxy) is 1. The van der Waals surface area contributed by atoms with E-state index in [1.54, 1.807) is 18.2 Å². The standard InChI is InChI=1S/C19H22ClFN2O2/c1-3-23(4-2)11-12-25-18-8-6-5-7-17(18)22-19(24)15-13-14(20)9-10-16(15)21/h5-10,13H,3-4,11-12H2,1-2H3,(H,22,24). The van der Waals surface area contributed by atoms with Crippen molar-refractivity contribution >= 4 is 23.2 Å². The topological polar surface area (TPSA) is 41.6 Å². The van der Waals surface area contributed by atoms with E-state index >= 15 is 0 Å². The zero-order chi connectivity index (χ0) is 18.2. The highest BCUT2D eigenvalue weighted by Gasteiger charge is 2.14. The van der Waals surface area contributed by atoms with Crippen LogP contribution in [0.15, 0.2) is 42.5 Å². The van der Waals surface area contributed by atoms with Crippen molar-refractivity contribution in [2.75, 3.05) is 31.6 Å². The van der Waals surface area contributed by atoms with Gasteiger partial charge in [0.25, 0.3) is 5.91 Å². The fourth-order valence-electron chi connectivity index (χ4n) is 2.38. The van der Waals surface area contributed by atoms with Crippen molar-refractivity contribution in [3.8, 4) is 5.75 Å². The van der Waals surface area contributed by atoms with Gasteiger partial charge in [0.2, 0.25) is 0 Å². The summed E-state index contributed by atoms with van der Waals surface area (Å²) < 4.78 is 19.6. The molecule has 134 valence electrons. The highest BCUT2D eigenvalue weighted by Crippen LogP contribution is 2.25. The Morgan fingerprint density at radius 2 is 1.92 bits per heavy atom. The van der Waals surface area contributed by atoms with Crippen LogP contribution < -0.4 is 10.1 Å². The fraction of sp³-hybridized carbons (Fsp3) is 0.316. The number of benzene rings is 2. The number of nitrogens with zero attached hydrogens (tertiary/aromatic N) is 1. The van der Waals surface area contributed by atoms with Crippen LogP contribution in [0.2, 0.25) is 5.02 Å². The molecule has 6 heteroatoms. The van der Waals surface area contributed by atoms with Crippen LogP contribution in [0, 0.1) is 5.82 Å². The van der Waals surface area contributed by atoms with Crippen LogP contribution in [-0.2, 0) is 0 Å². The summed E-state index contributed by atoms with van der Waals surface area (Å²) in [5.41, 5.74) is 0.386. The van der Waals surface area contributed by atoms with Gasteiger partial charge < -0.3 is 15.0 Å². The molecule has 4 nitrogen and oxygen atoms in total. The largest absolute Gasteiger partial charge is 0.490 e. The molecule has 0 radical (unpaired) electrons. The quantitative estimate of drug-likeness (QED) is 0.752. The number of carbonyl (C=O) groups excluding carboxylic acids is 1. The van der Waals surface area contributed by atoms with Crippen molar-refractivity contribution in [2.24, 2.45) is 0 Å². The number of halogens is 2. The number of carbonyl (C=O) groups is 1. The van der Waals surface area contributed by atoms with Crippen molar-refractivity contribution in [1.82, 2.24) is 4.90 Å². The molecule has 2 aromatic rings. The minimum Gasteiger partial charge on any atom is -0.490 e. The van der Waals surface area contributed by atoms with Gasteiger partial charge in [-0.2, -0.15) is 0 Å². The molecule has 0 spiro atoms. The summed E-state index contributed by atoms with van der Waals surface area (Å²) in [4.78, 5) is 14.6. The van der Waals surface area contributed by atoms with E-state index in [2.05, 4.69) is 24.1 Å². The number of nitrogens with one attached hydrogen (secondary N) is 1. The zero-order valence-corrected chi connectivity index (χ0v) is 15.1. The normalized spacial score (nSPS) is 10.8. The molecule has 2 aromatic carbocycles. The molecule has 1 amide bonds. The molecular formula is C19H22ClFN2O2. The Morgan fingerprint density at radius 3 is 2.64 bits per heavy atom. The summed E-state index contributed by atoms with van der Waals surface area (Å²) in [7, 11) is 0. The van der Waals surface area contributed by atoms with E-state index in [1.807, 2.05) is 6.07 Å². The maximum atomic E-state index is 13.8. The SMILES string of the molecule is CCN(CC)CCOc1ccccc1NC(=O)c1cc(Cl)ccc1F. The minimum atomic E-state index is -0.623. The van der Waals surface area contributed by atoms with Gasteiger partial charge >= 0.3 is 0 Å². The van der Waals surface area contributed by atoms with E-state index < -0.39 is 11.7 Å². The zero-order valence-electron chi connectivity index (χ0n) is 14.4. The Kier molecular flexibility index (Phi) is 7.22. The Balaban J connectivity index is 2.07. The van der Waals surface area contributed by atoms with Crippen molar-refractivity contribution in [3.05, 3.63) is 58.9 Å². The molecular weight excluding hydrogens is 343 g/mol. The molecule has 0 unspecified atom stereocenters. The summed E-state index contributed by atoms with van der Waals surface area (Å²) in [6, 6.07) is 11.0. The fourth-order valence-corrected chi connectivity index (χ4v) is 2.55. The van der Waals surface area contributed by atoms with Crippen LogP contribution in [0.5, 0.6) is 5.75 Å². The summed E-state index contributed by atoms with van der Waals surface area (Å²) in [6.07, 6.45) is 0. The summed E-state index contributed by atoms with van der Waals surface area (Å²) in [5, 5.41) is 2.99. The smallest absolute Gasteiger partial charge is 0.258 e. The van der Waals surface area contributed by atoms with Gasteiger partial charge in [0.05, 0.1) is 11.3 Å². The molecule has 0 fully saturated rings. The highest BCUT2D eigenvalue weighted by molar-refractivity contribution is 6.31. The second-order valence-electron chi connectivity index (χ2n) is 5.45. The molecule has 0 saturated heterocycles. The maximum absolute atomic E-state index is 13.8. The molecule has 0 aliphatic heterocycles. The van der Waals surface area contributed by atoms with Crippen molar-refractivity contribution in [1.29, 1.82) is 0 Å². The third-order valence-corrected chi connectivity index (χ3v) is 4.10. The van der Waals surface area contributed by atoms with Crippen LogP contribution in [0.1, 0.15) is 24.2 Å². The highest BCUT2D eigenvalue weighted by atomic mass is 35.5. The lowest BCUT2D eigenvalue weighted by atomic mass is 10.2. The Morgan fingerprint density at radius 1 is 1.20 bits per heavy atom. The van der Waals surface area contributed by atoms with E-state index in [-0.39, 0.29) is 5.56 Å². The number of hydrogen-bond donors (Lipinski definition) is 1. The maximum Gasteiger partial charge on any atom is 0.258 e. The van der Waals surface area contributed by atoms with Gasteiger partial charge in [-0.3, -0.25) is 4.79 Å². The number of para-hydroxylation sites is 2. The van der Waals surface area contributed by atoms with Crippen molar-refractivity contribution < 1.29 is 13.9 Å². The molecule has 0 aliphatic rings. The lowest BCUT2D eigenvalue weighted by Crippen LogP contribution is -2.28. The van der Waals surface area contributed by atoms with Gasteiger partial charge in [-0.15, -0.1) is 0 Å². The lowest BCUT2D eigenvalue weighted by molar-refractivity contribution is 0.102. The number of hydrogen-bond acceptors (Lipinski definition) is 3. The molecule has 2 rings (SSSR count). The average Bonchev–Trinajstić information content (AvgIpc) is 2.62. The lowest BCUT2D eigenvalue weighted by Gasteiger charge is -2.19. The molecule has 25 heavy (non-hydrogen) atoms. The third kappa shape index (κ3) is 5.44. The van der Waals surface area contributed by atoms with Crippen LogP contribution in [0.4, 0.5) is 10.1 Å². The number of anilines is 1. The molecule has 0 atom stereocenters. The van der Waals surface area contributed by atoms with Gasteiger partial charge in [-0.25, -0.2) is 4.39 Å². The van der Waals surface area contributed by atoms with E-state index in [0.717, 1.165) is 19.6 Å². The first-order valence-corrected chi connectivity index (χ1v) is 8.63. The number of rotatable bonds is 8. The van der Waals surface area contributed by atoms with Crippen LogP contribution in [-0.4, -0.2) is 37.0 Å². The molecule has 0 bridgehead atoms. The van der Waals surface area contributed by atoms with Gasteiger partial charge in [-0.1, -0.05) is 37.6 Å². The third-order valence-electron chi connectivity index (χ3n) is 3.87. The Labute approximate surface area is 152 Å². The molecule has 1 N–H and O–H groups in total. The predicted molar refractivity (Wildman–Crippen MR) is 99.1 cm³/mol. The van der Waals surface area contributed by atoms with Crippen molar-refractivity contribution in [3.63, 3.8) is 0 Å². The van der Waals surface area contributed by atoms with Gasteiger partial charge in [-0.05, 0) is 43.4 Å². The van der Waals surface area contributed by atoms with E-state index in [9.17, 15) is 9.18 Å². The number of amides is 1. The predicted octanol–water partition coefficient (Wildman–Crippen LogP) is 4.45. The second kappa shape index (κ2) is 9.39. The van der Waals surface area contributed by atoms with Crippen molar-refractivity contribution in [2.45, 2.75) is 13.8 Å². The summed E-state index contributed by atoms with van der Waals surface area (Å²) in [6.45, 7) is 7.38. The Bertz CT molecular complexity index is 720. The van der Waals surface area contributed by atoms with E-state index in [0.29, 0.717) is 23.1 Å². The van der Waals surface area contributed by atoms with Crippen LogP contribution in [0.25, 0.3) is 0 Å². The first-order valence-electron chi connectivity index (χ1n) is 8.25. The molecule has 0 aromatic heterocycles. The van der Waals surface area contributed by atoms with E-state index in [1.165, 1.54) is 18.2 Å².